The molecule has 1 aliphatic rings. The second kappa shape index (κ2) is 6.15. The number of hydrogen-bond acceptors (Lipinski definition) is 2. The first-order valence-electron chi connectivity index (χ1n) is 6.71. The fraction of sp³-hybridized carbons (Fsp3) is 0.500. The van der Waals surface area contributed by atoms with Crippen LogP contribution >= 0.6 is 12.4 Å². The van der Waals surface area contributed by atoms with E-state index in [1.54, 1.807) is 0 Å². The van der Waals surface area contributed by atoms with E-state index in [9.17, 15) is 0 Å². The zero-order valence-corrected chi connectivity index (χ0v) is 12.1. The highest BCUT2D eigenvalue weighted by atomic mass is 35.5. The molecule has 0 bridgehead atoms. The van der Waals surface area contributed by atoms with E-state index in [1.807, 2.05) is 6.20 Å². The number of aryl methyl sites for hydroxylation is 1. The highest BCUT2D eigenvalue weighted by Gasteiger charge is 2.17. The van der Waals surface area contributed by atoms with Crippen molar-refractivity contribution >= 4 is 18.1 Å². The third-order valence-corrected chi connectivity index (χ3v) is 3.83. The van der Waals surface area contributed by atoms with Gasteiger partial charge in [0.15, 0.2) is 0 Å². The van der Waals surface area contributed by atoms with E-state index in [0.29, 0.717) is 6.04 Å². The molecule has 0 atom stereocenters. The van der Waals surface area contributed by atoms with Gasteiger partial charge in [-0.15, -0.1) is 12.4 Å². The molecule has 19 heavy (non-hydrogen) atoms. The van der Waals surface area contributed by atoms with Gasteiger partial charge in [-0.05, 0) is 25.0 Å². The minimum Gasteiger partial charge on any atom is -0.377 e. The van der Waals surface area contributed by atoms with Gasteiger partial charge in [-0.25, -0.2) is 0 Å². The Balaban J connectivity index is 0.00000133. The van der Waals surface area contributed by atoms with Gasteiger partial charge in [0.2, 0.25) is 0 Å². The van der Waals surface area contributed by atoms with Crippen LogP contribution in [0.1, 0.15) is 37.4 Å². The van der Waals surface area contributed by atoms with Crippen LogP contribution in [0.3, 0.4) is 0 Å². The summed E-state index contributed by atoms with van der Waals surface area (Å²) in [6, 6.07) is 4.82. The van der Waals surface area contributed by atoms with Crippen LogP contribution in [0.15, 0.2) is 30.7 Å². The average Bonchev–Trinajstić information content (AvgIpc) is 3.08. The summed E-state index contributed by atoms with van der Waals surface area (Å²) in [6.45, 7) is 0.847. The van der Waals surface area contributed by atoms with E-state index < -0.39 is 0 Å². The fourth-order valence-electron chi connectivity index (χ4n) is 2.67. The van der Waals surface area contributed by atoms with Gasteiger partial charge < -0.3 is 9.88 Å². The van der Waals surface area contributed by atoms with Crippen LogP contribution in [-0.2, 0) is 13.6 Å². The number of hydrogen-bond donors (Lipinski definition) is 1. The Labute approximate surface area is 120 Å². The largest absolute Gasteiger partial charge is 0.377 e. The first-order valence-corrected chi connectivity index (χ1v) is 6.71. The average molecular weight is 281 g/mol. The Bertz CT molecular complexity index is 511. The minimum absolute atomic E-state index is 0. The SMILES string of the molecule is Cl.Cn1cccc1CNc1cnn(C2CCCC2)c1. The molecule has 0 saturated heterocycles. The van der Waals surface area contributed by atoms with Crippen molar-refractivity contribution in [3.63, 3.8) is 0 Å². The first-order chi connectivity index (χ1) is 8.83. The van der Waals surface area contributed by atoms with E-state index in [4.69, 9.17) is 0 Å². The normalized spacial score (nSPS) is 15.4. The van der Waals surface area contributed by atoms with Crippen molar-refractivity contribution in [3.8, 4) is 0 Å². The molecule has 1 N–H and O–H groups in total. The highest BCUT2D eigenvalue weighted by Crippen LogP contribution is 2.29. The van der Waals surface area contributed by atoms with Crippen molar-refractivity contribution in [2.24, 2.45) is 7.05 Å². The van der Waals surface area contributed by atoms with Crippen LogP contribution in [0.5, 0.6) is 0 Å². The van der Waals surface area contributed by atoms with E-state index in [-0.39, 0.29) is 12.4 Å². The van der Waals surface area contributed by atoms with Crippen LogP contribution in [0, 0.1) is 0 Å². The Morgan fingerprint density at radius 2 is 2.16 bits per heavy atom. The zero-order chi connectivity index (χ0) is 12.4. The van der Waals surface area contributed by atoms with Crippen molar-refractivity contribution in [2.45, 2.75) is 38.3 Å². The van der Waals surface area contributed by atoms with Crippen molar-refractivity contribution in [3.05, 3.63) is 36.4 Å². The lowest BCUT2D eigenvalue weighted by Gasteiger charge is -2.08. The molecule has 4 nitrogen and oxygen atoms in total. The highest BCUT2D eigenvalue weighted by molar-refractivity contribution is 5.85. The summed E-state index contributed by atoms with van der Waals surface area (Å²) >= 11 is 0. The number of anilines is 1. The van der Waals surface area contributed by atoms with Crippen molar-refractivity contribution in [2.75, 3.05) is 5.32 Å². The Morgan fingerprint density at radius 3 is 2.84 bits per heavy atom. The molecular weight excluding hydrogens is 260 g/mol. The Kier molecular flexibility index (Phi) is 4.53. The number of nitrogens with one attached hydrogen (secondary N) is 1. The van der Waals surface area contributed by atoms with Gasteiger partial charge in [-0.1, -0.05) is 12.8 Å². The van der Waals surface area contributed by atoms with Gasteiger partial charge in [0.05, 0.1) is 24.5 Å². The first kappa shape index (κ1) is 14.0. The third-order valence-electron chi connectivity index (χ3n) is 3.83. The summed E-state index contributed by atoms with van der Waals surface area (Å²) in [5, 5.41) is 7.90. The minimum atomic E-state index is 0. The standard InChI is InChI=1S/C14H20N4.ClH/c1-17-8-4-7-14(17)10-15-12-9-16-18(11-12)13-5-2-3-6-13;/h4,7-9,11,13,15H,2-3,5-6,10H2,1H3;1H. The second-order valence-electron chi connectivity index (χ2n) is 5.11. The lowest BCUT2D eigenvalue weighted by Crippen LogP contribution is -2.05. The fourth-order valence-corrected chi connectivity index (χ4v) is 2.67. The molecule has 1 fully saturated rings. The van der Waals surface area contributed by atoms with Crippen LogP contribution in [0.4, 0.5) is 5.69 Å². The predicted octanol–water partition coefficient (Wildman–Crippen LogP) is 3.37. The molecule has 5 heteroatoms. The summed E-state index contributed by atoms with van der Waals surface area (Å²) in [5.74, 6) is 0. The van der Waals surface area contributed by atoms with Crippen LogP contribution in [0.2, 0.25) is 0 Å². The molecule has 2 heterocycles. The molecule has 2 aromatic heterocycles. The summed E-state index contributed by atoms with van der Waals surface area (Å²) in [5.41, 5.74) is 2.40. The van der Waals surface area contributed by atoms with Crippen molar-refractivity contribution in [1.82, 2.24) is 14.3 Å². The Hall–Kier alpha value is -1.42. The maximum Gasteiger partial charge on any atom is 0.0729 e. The molecule has 0 aliphatic heterocycles. The van der Waals surface area contributed by atoms with Gasteiger partial charge in [0, 0.05) is 25.1 Å². The lowest BCUT2D eigenvalue weighted by atomic mass is 10.3. The zero-order valence-electron chi connectivity index (χ0n) is 11.2. The quantitative estimate of drug-likeness (QED) is 0.932. The lowest BCUT2D eigenvalue weighted by molar-refractivity contribution is 0.467. The number of nitrogens with zero attached hydrogens (tertiary/aromatic N) is 3. The predicted molar refractivity (Wildman–Crippen MR) is 79.7 cm³/mol. The molecule has 3 rings (SSSR count). The summed E-state index contributed by atoms with van der Waals surface area (Å²) in [7, 11) is 2.07. The molecule has 0 amide bonds. The van der Waals surface area contributed by atoms with Crippen LogP contribution < -0.4 is 5.32 Å². The summed E-state index contributed by atoms with van der Waals surface area (Å²) in [4.78, 5) is 0. The van der Waals surface area contributed by atoms with Crippen molar-refractivity contribution in [1.29, 1.82) is 0 Å². The van der Waals surface area contributed by atoms with Gasteiger partial charge in [0.1, 0.15) is 0 Å². The number of aromatic nitrogens is 3. The topological polar surface area (TPSA) is 34.8 Å². The van der Waals surface area contributed by atoms with E-state index in [1.165, 1.54) is 31.4 Å². The monoisotopic (exact) mass is 280 g/mol. The third kappa shape index (κ3) is 3.13. The number of rotatable bonds is 4. The summed E-state index contributed by atoms with van der Waals surface area (Å²) < 4.78 is 4.26. The Morgan fingerprint density at radius 1 is 1.37 bits per heavy atom. The van der Waals surface area contributed by atoms with Gasteiger partial charge in [-0.2, -0.15) is 5.10 Å². The molecule has 1 aliphatic carbocycles. The van der Waals surface area contributed by atoms with E-state index >= 15 is 0 Å². The van der Waals surface area contributed by atoms with Gasteiger partial charge >= 0.3 is 0 Å². The molecule has 0 spiro atoms. The van der Waals surface area contributed by atoms with Gasteiger partial charge in [0.25, 0.3) is 0 Å². The summed E-state index contributed by atoms with van der Waals surface area (Å²) in [6.07, 6.45) is 11.4. The van der Waals surface area contributed by atoms with Gasteiger partial charge in [-0.3, -0.25) is 4.68 Å². The van der Waals surface area contributed by atoms with Crippen molar-refractivity contribution < 1.29 is 0 Å². The van der Waals surface area contributed by atoms with E-state index in [2.05, 4.69) is 51.2 Å². The molecule has 2 aromatic rings. The van der Waals surface area contributed by atoms with Crippen LogP contribution in [-0.4, -0.2) is 14.3 Å². The number of halogens is 1. The molecule has 0 radical (unpaired) electrons. The smallest absolute Gasteiger partial charge is 0.0729 e. The molecule has 104 valence electrons. The molecular formula is C14H21ClN4. The maximum absolute atomic E-state index is 4.47. The maximum atomic E-state index is 4.47. The van der Waals surface area contributed by atoms with E-state index in [0.717, 1.165) is 12.2 Å². The molecule has 1 saturated carbocycles. The molecule has 0 aromatic carbocycles. The van der Waals surface area contributed by atoms with Crippen LogP contribution in [0.25, 0.3) is 0 Å². The molecule has 0 unspecified atom stereocenters. The second-order valence-corrected chi connectivity index (χ2v) is 5.11.